The van der Waals surface area contributed by atoms with Crippen molar-refractivity contribution in [3.8, 4) is 11.5 Å². The summed E-state index contributed by atoms with van der Waals surface area (Å²) in [6, 6.07) is 12.1. The first-order valence-corrected chi connectivity index (χ1v) is 12.3. The van der Waals surface area contributed by atoms with E-state index in [1.807, 2.05) is 45.0 Å². The summed E-state index contributed by atoms with van der Waals surface area (Å²) < 4.78 is 11.4. The number of rotatable bonds is 11. The molecule has 0 saturated carbocycles. The highest BCUT2D eigenvalue weighted by Gasteiger charge is 2.46. The lowest BCUT2D eigenvalue weighted by molar-refractivity contribution is -0.140. The van der Waals surface area contributed by atoms with E-state index in [1.165, 1.54) is 0 Å². The van der Waals surface area contributed by atoms with Crippen LogP contribution in [0.25, 0.3) is 5.76 Å². The molecule has 2 aromatic rings. The van der Waals surface area contributed by atoms with E-state index in [4.69, 9.17) is 9.47 Å². The number of ether oxygens (including phenoxy) is 2. The Hall–Kier alpha value is -3.32. The predicted molar refractivity (Wildman–Crippen MR) is 137 cm³/mol. The van der Waals surface area contributed by atoms with Crippen LogP contribution in [0.4, 0.5) is 0 Å². The zero-order valence-electron chi connectivity index (χ0n) is 21.3. The zero-order chi connectivity index (χ0) is 25.5. The van der Waals surface area contributed by atoms with Crippen molar-refractivity contribution >= 4 is 17.4 Å². The fourth-order valence-electron chi connectivity index (χ4n) is 4.49. The molecule has 1 saturated heterocycles. The summed E-state index contributed by atoms with van der Waals surface area (Å²) in [4.78, 5) is 30.4. The van der Waals surface area contributed by atoms with Gasteiger partial charge in [0.05, 0.1) is 30.4 Å². The highest BCUT2D eigenvalue weighted by molar-refractivity contribution is 6.46. The number of hydrogen-bond donors (Lipinski definition) is 1. The molecule has 35 heavy (non-hydrogen) atoms. The molecule has 0 aliphatic carbocycles. The smallest absolute Gasteiger partial charge is 0.295 e. The molecule has 1 atom stereocenters. The second kappa shape index (κ2) is 11.9. The quantitative estimate of drug-likeness (QED) is 0.289. The molecule has 2 aromatic carbocycles. The molecule has 0 aromatic heterocycles. The number of carbonyl (C=O) groups is 2. The summed E-state index contributed by atoms with van der Waals surface area (Å²) in [5, 5.41) is 11.5. The van der Waals surface area contributed by atoms with E-state index in [2.05, 4.69) is 18.7 Å². The zero-order valence-corrected chi connectivity index (χ0v) is 21.3. The molecule has 1 N–H and O–H groups in total. The Morgan fingerprint density at radius 3 is 2.31 bits per heavy atom. The average molecular weight is 481 g/mol. The minimum atomic E-state index is -0.688. The maximum absolute atomic E-state index is 13.4. The van der Waals surface area contributed by atoms with Gasteiger partial charge in [0.1, 0.15) is 17.3 Å². The Morgan fingerprint density at radius 1 is 1.00 bits per heavy atom. The number of ketones is 1. The van der Waals surface area contributed by atoms with Gasteiger partial charge in [0.25, 0.3) is 11.7 Å². The van der Waals surface area contributed by atoms with Gasteiger partial charge >= 0.3 is 0 Å². The highest BCUT2D eigenvalue weighted by atomic mass is 16.5. The summed E-state index contributed by atoms with van der Waals surface area (Å²) in [5.74, 6) is -0.535. The number of carbonyl (C=O) groups excluding carboxylic acids is 2. The third-order valence-electron chi connectivity index (χ3n) is 6.39. The van der Waals surface area contributed by atoms with Crippen molar-refractivity contribution in [1.82, 2.24) is 9.80 Å². The van der Waals surface area contributed by atoms with Gasteiger partial charge in [0.15, 0.2) is 0 Å². The van der Waals surface area contributed by atoms with Crippen LogP contribution in [-0.4, -0.2) is 66.0 Å². The van der Waals surface area contributed by atoms with Crippen LogP contribution in [-0.2, 0) is 9.59 Å². The minimum Gasteiger partial charge on any atom is -0.507 e. The van der Waals surface area contributed by atoms with E-state index in [1.54, 1.807) is 23.1 Å². The summed E-state index contributed by atoms with van der Waals surface area (Å²) in [6.07, 6.45) is 0. The number of likely N-dealkylation sites (N-methyl/N-ethyl adjacent to an activating group) is 1. The number of likely N-dealkylation sites (tertiary alicyclic amines) is 1. The number of benzene rings is 2. The normalized spacial score (nSPS) is 17.3. The number of Topliss-reactive ketones (excluding diaryl/α,β-unsaturated/α-hetero) is 1. The molecular formula is C28H36N2O5. The molecule has 0 spiro atoms. The lowest BCUT2D eigenvalue weighted by Gasteiger charge is -2.29. The van der Waals surface area contributed by atoms with Crippen molar-refractivity contribution in [3.63, 3.8) is 0 Å². The molecule has 1 aliphatic heterocycles. The first-order valence-electron chi connectivity index (χ1n) is 12.3. The van der Waals surface area contributed by atoms with Crippen molar-refractivity contribution in [2.24, 2.45) is 0 Å². The van der Waals surface area contributed by atoms with Crippen LogP contribution < -0.4 is 9.47 Å². The first-order chi connectivity index (χ1) is 16.9. The van der Waals surface area contributed by atoms with Crippen LogP contribution in [0.3, 0.4) is 0 Å². The van der Waals surface area contributed by atoms with Crippen LogP contribution in [0.2, 0.25) is 0 Å². The van der Waals surface area contributed by atoms with Crippen LogP contribution in [0.5, 0.6) is 11.5 Å². The largest absolute Gasteiger partial charge is 0.507 e. The maximum atomic E-state index is 13.4. The Morgan fingerprint density at radius 2 is 1.69 bits per heavy atom. The number of aliphatic hydroxyl groups excluding tert-OH is 1. The Labute approximate surface area is 207 Å². The second-order valence-electron chi connectivity index (χ2n) is 8.40. The predicted octanol–water partition coefficient (Wildman–Crippen LogP) is 4.56. The minimum absolute atomic E-state index is 0.0777. The van der Waals surface area contributed by atoms with E-state index in [0.29, 0.717) is 43.4 Å². The fourth-order valence-corrected chi connectivity index (χ4v) is 4.49. The van der Waals surface area contributed by atoms with Crippen LogP contribution >= 0.6 is 0 Å². The molecule has 1 fully saturated rings. The van der Waals surface area contributed by atoms with Crippen LogP contribution in [0, 0.1) is 6.92 Å². The van der Waals surface area contributed by atoms with Crippen molar-refractivity contribution in [1.29, 1.82) is 0 Å². The molecule has 7 nitrogen and oxygen atoms in total. The number of aliphatic hydroxyl groups is 1. The van der Waals surface area contributed by atoms with E-state index in [9.17, 15) is 14.7 Å². The summed E-state index contributed by atoms with van der Waals surface area (Å²) in [6.45, 7) is 13.4. The van der Waals surface area contributed by atoms with Gasteiger partial charge in [-0.2, -0.15) is 0 Å². The number of amides is 1. The number of hydrogen-bond acceptors (Lipinski definition) is 6. The van der Waals surface area contributed by atoms with E-state index < -0.39 is 17.7 Å². The summed E-state index contributed by atoms with van der Waals surface area (Å²) in [7, 11) is 0. The van der Waals surface area contributed by atoms with Gasteiger partial charge in [-0.05, 0) is 57.1 Å². The molecule has 0 bridgehead atoms. The molecule has 7 heteroatoms. The van der Waals surface area contributed by atoms with E-state index in [0.717, 1.165) is 24.2 Å². The topological polar surface area (TPSA) is 79.3 Å². The molecule has 1 amide bonds. The van der Waals surface area contributed by atoms with Crippen LogP contribution in [0.1, 0.15) is 50.4 Å². The molecule has 1 unspecified atom stereocenters. The third kappa shape index (κ3) is 5.51. The van der Waals surface area contributed by atoms with E-state index in [-0.39, 0.29) is 11.3 Å². The summed E-state index contributed by atoms with van der Waals surface area (Å²) >= 11 is 0. The molecule has 1 aliphatic rings. The van der Waals surface area contributed by atoms with E-state index >= 15 is 0 Å². The van der Waals surface area contributed by atoms with Gasteiger partial charge < -0.3 is 24.4 Å². The van der Waals surface area contributed by atoms with Crippen LogP contribution in [0.15, 0.2) is 48.0 Å². The molecular weight excluding hydrogens is 444 g/mol. The Balaban J connectivity index is 2.16. The lowest BCUT2D eigenvalue weighted by atomic mass is 9.92. The number of nitrogens with zero attached hydrogens (tertiary/aromatic N) is 2. The van der Waals surface area contributed by atoms with Crippen molar-refractivity contribution in [2.45, 2.75) is 40.7 Å². The highest BCUT2D eigenvalue weighted by Crippen LogP contribution is 2.42. The average Bonchev–Trinajstić information content (AvgIpc) is 3.10. The van der Waals surface area contributed by atoms with Gasteiger partial charge in [-0.25, -0.2) is 0 Å². The van der Waals surface area contributed by atoms with Gasteiger partial charge in [0, 0.05) is 19.2 Å². The summed E-state index contributed by atoms with van der Waals surface area (Å²) in [5.41, 5.74) is 2.19. The Bertz CT molecular complexity index is 1090. The molecule has 3 rings (SSSR count). The molecule has 1 heterocycles. The third-order valence-corrected chi connectivity index (χ3v) is 6.39. The van der Waals surface area contributed by atoms with Crippen molar-refractivity contribution in [3.05, 3.63) is 64.7 Å². The second-order valence-corrected chi connectivity index (χ2v) is 8.40. The SMILES string of the molecule is CCOc1ccc(/C(O)=C2\C(=O)C(=O)N(CCN(CC)CC)C2c2ccccc2C)c(OCC)c1. The fraction of sp³-hybridized carbons (Fsp3) is 0.429. The molecule has 0 radical (unpaired) electrons. The molecule has 188 valence electrons. The number of aryl methyl sites for hydroxylation is 1. The van der Waals surface area contributed by atoms with Crippen molar-refractivity contribution in [2.75, 3.05) is 39.4 Å². The standard InChI is InChI=1S/C28H36N2O5/c1-6-29(7-2)16-17-30-25(21-13-11-10-12-19(21)5)24(27(32)28(30)33)26(31)22-15-14-20(34-8-3)18-23(22)35-9-4/h10-15,18,25,31H,6-9,16-17H2,1-5H3/b26-24+. The Kier molecular flexibility index (Phi) is 8.93. The first kappa shape index (κ1) is 26.3. The van der Waals surface area contributed by atoms with Gasteiger partial charge in [-0.3, -0.25) is 9.59 Å². The monoisotopic (exact) mass is 480 g/mol. The van der Waals surface area contributed by atoms with Gasteiger partial charge in [-0.15, -0.1) is 0 Å². The van der Waals surface area contributed by atoms with Gasteiger partial charge in [-0.1, -0.05) is 38.1 Å². The van der Waals surface area contributed by atoms with Gasteiger partial charge in [0.2, 0.25) is 0 Å². The maximum Gasteiger partial charge on any atom is 0.295 e. The van der Waals surface area contributed by atoms with Crippen molar-refractivity contribution < 1.29 is 24.2 Å². The lowest BCUT2D eigenvalue weighted by Crippen LogP contribution is -2.38.